The van der Waals surface area contributed by atoms with E-state index in [0.717, 1.165) is 18.8 Å². The van der Waals surface area contributed by atoms with Crippen LogP contribution in [-0.4, -0.2) is 36.7 Å². The van der Waals surface area contributed by atoms with Gasteiger partial charge in [-0.15, -0.1) is 24.8 Å². The van der Waals surface area contributed by atoms with Crippen molar-refractivity contribution in [1.82, 2.24) is 10.3 Å². The zero-order valence-electron chi connectivity index (χ0n) is 15.4. The number of carbonyl (C=O) groups is 1. The Morgan fingerprint density at radius 2 is 2.00 bits per heavy atom. The molecule has 2 N–H and O–H groups in total. The number of pyridine rings is 1. The molecule has 0 atom stereocenters. The maximum Gasteiger partial charge on any atom is 0.256 e. The van der Waals surface area contributed by atoms with Gasteiger partial charge in [-0.2, -0.15) is 0 Å². The summed E-state index contributed by atoms with van der Waals surface area (Å²) in [6, 6.07) is 10.8. The third-order valence-corrected chi connectivity index (χ3v) is 4.80. The molecule has 154 valence electrons. The van der Waals surface area contributed by atoms with E-state index in [0.29, 0.717) is 35.9 Å². The summed E-state index contributed by atoms with van der Waals surface area (Å²) in [5, 5.41) is 6.56. The van der Waals surface area contributed by atoms with Crippen LogP contribution >= 0.6 is 36.4 Å². The monoisotopic (exact) mass is 447 g/mol. The molecule has 1 saturated heterocycles. The molecule has 0 bridgehead atoms. The lowest BCUT2D eigenvalue weighted by Gasteiger charge is -2.34. The van der Waals surface area contributed by atoms with Crippen LogP contribution < -0.4 is 15.4 Å². The van der Waals surface area contributed by atoms with Gasteiger partial charge in [-0.05, 0) is 56.3 Å². The molecule has 6 nitrogen and oxygen atoms in total. The fourth-order valence-corrected chi connectivity index (χ4v) is 3.17. The highest BCUT2D eigenvalue weighted by atomic mass is 35.5. The zero-order valence-corrected chi connectivity index (χ0v) is 17.8. The summed E-state index contributed by atoms with van der Waals surface area (Å²) in [5.74, 6) is 0.387. The fourth-order valence-electron chi connectivity index (χ4n) is 2.93. The van der Waals surface area contributed by atoms with Gasteiger partial charge in [-0.25, -0.2) is 0 Å². The van der Waals surface area contributed by atoms with Gasteiger partial charge in [-0.1, -0.05) is 17.7 Å². The van der Waals surface area contributed by atoms with Crippen LogP contribution in [0, 0.1) is 0 Å². The molecule has 1 aliphatic heterocycles. The van der Waals surface area contributed by atoms with E-state index < -0.39 is 5.60 Å². The van der Waals surface area contributed by atoms with Crippen molar-refractivity contribution in [2.45, 2.75) is 25.0 Å². The van der Waals surface area contributed by atoms with Crippen LogP contribution in [0.5, 0.6) is 5.75 Å². The number of aromatic nitrogens is 1. The molecular weight excluding hydrogens is 425 g/mol. The zero-order chi connectivity index (χ0) is 18.4. The third kappa shape index (κ3) is 5.96. The van der Waals surface area contributed by atoms with E-state index in [9.17, 15) is 4.79 Å². The van der Waals surface area contributed by atoms with Crippen molar-refractivity contribution in [1.29, 1.82) is 0 Å². The number of hydrogen-bond acceptors (Lipinski definition) is 5. The number of rotatable bonds is 6. The Kier molecular flexibility index (Phi) is 9.99. The fraction of sp³-hybridized carbons (Fsp3) is 0.368. The SMILES string of the molecule is COC1(C(=O)Nc2ccc(OCc3ccccn3)c(Cl)c2)CCNCC1.Cl.Cl. The van der Waals surface area contributed by atoms with Crippen LogP contribution in [0.2, 0.25) is 5.02 Å². The number of benzene rings is 1. The maximum atomic E-state index is 12.7. The molecular formula is C19H24Cl3N3O3. The summed E-state index contributed by atoms with van der Waals surface area (Å²) >= 11 is 6.30. The molecule has 0 aliphatic carbocycles. The molecule has 1 aliphatic rings. The number of nitrogens with one attached hydrogen (secondary N) is 2. The van der Waals surface area contributed by atoms with Gasteiger partial charge in [0.25, 0.3) is 5.91 Å². The molecule has 0 saturated carbocycles. The summed E-state index contributed by atoms with van der Waals surface area (Å²) in [7, 11) is 1.58. The number of hydrogen-bond donors (Lipinski definition) is 2. The molecule has 0 radical (unpaired) electrons. The number of carbonyl (C=O) groups excluding carboxylic acids is 1. The van der Waals surface area contributed by atoms with Crippen molar-refractivity contribution < 1.29 is 14.3 Å². The van der Waals surface area contributed by atoms with Crippen LogP contribution in [0.3, 0.4) is 0 Å². The number of piperidine rings is 1. The van der Waals surface area contributed by atoms with Gasteiger partial charge in [0.05, 0.1) is 10.7 Å². The predicted molar refractivity (Wildman–Crippen MR) is 115 cm³/mol. The standard InChI is InChI=1S/C19H22ClN3O3.2ClH/c1-25-19(7-10-21-11-8-19)18(24)23-14-5-6-17(16(20)12-14)26-13-15-4-2-3-9-22-15;;/h2-6,9,12,21H,7-8,10-11,13H2,1H3,(H,23,24);2*1H. The quantitative estimate of drug-likeness (QED) is 0.702. The van der Waals surface area contributed by atoms with E-state index in [2.05, 4.69) is 15.6 Å². The van der Waals surface area contributed by atoms with E-state index in [1.807, 2.05) is 18.2 Å². The van der Waals surface area contributed by atoms with E-state index in [1.165, 1.54) is 0 Å². The summed E-state index contributed by atoms with van der Waals surface area (Å²) in [6.07, 6.45) is 2.98. The molecule has 9 heteroatoms. The molecule has 2 aromatic rings. The Morgan fingerprint density at radius 3 is 2.61 bits per heavy atom. The first-order chi connectivity index (χ1) is 12.6. The maximum absolute atomic E-state index is 12.7. The average Bonchev–Trinajstić information content (AvgIpc) is 2.68. The van der Waals surface area contributed by atoms with Gasteiger partial charge in [0.1, 0.15) is 18.0 Å². The second-order valence-electron chi connectivity index (χ2n) is 6.16. The van der Waals surface area contributed by atoms with Crippen LogP contribution in [0.1, 0.15) is 18.5 Å². The van der Waals surface area contributed by atoms with Gasteiger partial charge in [0.2, 0.25) is 0 Å². The Morgan fingerprint density at radius 1 is 1.25 bits per heavy atom. The number of methoxy groups -OCH3 is 1. The van der Waals surface area contributed by atoms with Crippen LogP contribution in [0.4, 0.5) is 5.69 Å². The highest BCUT2D eigenvalue weighted by Crippen LogP contribution is 2.30. The summed E-state index contributed by atoms with van der Waals surface area (Å²) < 4.78 is 11.2. The lowest BCUT2D eigenvalue weighted by Crippen LogP contribution is -2.51. The first-order valence-corrected chi connectivity index (χ1v) is 8.90. The Hall–Kier alpha value is -1.57. The minimum absolute atomic E-state index is 0. The molecule has 0 spiro atoms. The van der Waals surface area contributed by atoms with Crippen molar-refractivity contribution >= 4 is 48.0 Å². The number of ether oxygens (including phenoxy) is 2. The molecule has 0 unspecified atom stereocenters. The number of anilines is 1. The topological polar surface area (TPSA) is 72.5 Å². The van der Waals surface area contributed by atoms with Gasteiger partial charge in [0.15, 0.2) is 0 Å². The van der Waals surface area contributed by atoms with Gasteiger partial charge >= 0.3 is 0 Å². The minimum Gasteiger partial charge on any atom is -0.486 e. The number of halogens is 3. The lowest BCUT2D eigenvalue weighted by molar-refractivity contribution is -0.140. The van der Waals surface area contributed by atoms with Crippen LogP contribution in [-0.2, 0) is 16.1 Å². The Bertz CT molecular complexity index is 757. The van der Waals surface area contributed by atoms with Gasteiger partial charge in [0, 0.05) is 19.0 Å². The number of nitrogens with zero attached hydrogens (tertiary/aromatic N) is 1. The average molecular weight is 449 g/mol. The highest BCUT2D eigenvalue weighted by Gasteiger charge is 2.39. The molecule has 3 rings (SSSR count). The molecule has 2 heterocycles. The molecule has 28 heavy (non-hydrogen) atoms. The van der Waals surface area contributed by atoms with E-state index >= 15 is 0 Å². The summed E-state index contributed by atoms with van der Waals surface area (Å²) in [5.41, 5.74) is 0.625. The second-order valence-corrected chi connectivity index (χ2v) is 6.56. The predicted octanol–water partition coefficient (Wildman–Crippen LogP) is 3.86. The Labute approximate surface area is 182 Å². The summed E-state index contributed by atoms with van der Waals surface area (Å²) in [6.45, 7) is 1.83. The number of amides is 1. The second kappa shape index (κ2) is 11.4. The van der Waals surface area contributed by atoms with Gasteiger partial charge < -0.3 is 20.1 Å². The van der Waals surface area contributed by atoms with Crippen molar-refractivity contribution in [3.05, 3.63) is 53.3 Å². The first kappa shape index (κ1) is 24.5. The van der Waals surface area contributed by atoms with E-state index in [1.54, 1.807) is 31.5 Å². The Balaban J connectivity index is 0.00000196. The van der Waals surface area contributed by atoms with Crippen molar-refractivity contribution in [3.63, 3.8) is 0 Å². The summed E-state index contributed by atoms with van der Waals surface area (Å²) in [4.78, 5) is 16.9. The molecule has 1 aromatic heterocycles. The lowest BCUT2D eigenvalue weighted by atomic mass is 9.91. The minimum atomic E-state index is -0.800. The highest BCUT2D eigenvalue weighted by molar-refractivity contribution is 6.32. The largest absolute Gasteiger partial charge is 0.486 e. The normalized spacial score (nSPS) is 14.9. The van der Waals surface area contributed by atoms with Crippen LogP contribution in [0.15, 0.2) is 42.6 Å². The van der Waals surface area contributed by atoms with E-state index in [4.69, 9.17) is 21.1 Å². The van der Waals surface area contributed by atoms with Gasteiger partial charge in [-0.3, -0.25) is 9.78 Å². The smallest absolute Gasteiger partial charge is 0.256 e. The third-order valence-electron chi connectivity index (χ3n) is 4.51. The first-order valence-electron chi connectivity index (χ1n) is 8.52. The molecule has 1 aromatic carbocycles. The van der Waals surface area contributed by atoms with Crippen LogP contribution in [0.25, 0.3) is 0 Å². The molecule has 1 amide bonds. The van der Waals surface area contributed by atoms with E-state index in [-0.39, 0.29) is 30.7 Å². The van der Waals surface area contributed by atoms with Crippen molar-refractivity contribution in [2.24, 2.45) is 0 Å². The van der Waals surface area contributed by atoms with Crippen molar-refractivity contribution in [3.8, 4) is 5.75 Å². The van der Waals surface area contributed by atoms with Crippen molar-refractivity contribution in [2.75, 3.05) is 25.5 Å². The molecule has 1 fully saturated rings.